The summed E-state index contributed by atoms with van der Waals surface area (Å²) in [4.78, 5) is 0. The van der Waals surface area contributed by atoms with Crippen LogP contribution in [0.5, 0.6) is 0 Å². The van der Waals surface area contributed by atoms with Gasteiger partial charge in [-0.3, -0.25) is 0 Å². The zero-order valence-corrected chi connectivity index (χ0v) is 17.0. The number of hydrogen-bond donors (Lipinski definition) is 1. The van der Waals surface area contributed by atoms with E-state index < -0.39 is 5.66 Å². The fraction of sp³-hybridized carbons (Fsp3) is 0.238. The summed E-state index contributed by atoms with van der Waals surface area (Å²) in [5.74, 6) is 0. The standard InChI is InChI=1S/C21H24NPSe/c1-16(2)23(24,19-12-5-4-6-13-19)22-17(3)20-15-9-11-18-10-7-8-14-21(18)20/h4-17H,1-3H3,(H,22,24)/t17-,23?/m0/s1. The maximum absolute atomic E-state index is 3.97. The van der Waals surface area contributed by atoms with E-state index in [0.29, 0.717) is 5.66 Å². The SMILES string of the molecule is CC(C)P(=[Se])(N[C@@H](C)c1cccc2ccccc12)c1ccccc1. The van der Waals surface area contributed by atoms with Crippen LogP contribution in [0.15, 0.2) is 72.8 Å². The molecule has 0 heterocycles. The third-order valence-electron chi connectivity index (χ3n) is 4.54. The van der Waals surface area contributed by atoms with Gasteiger partial charge in [-0.25, -0.2) is 0 Å². The topological polar surface area (TPSA) is 12.0 Å². The van der Waals surface area contributed by atoms with E-state index in [0.717, 1.165) is 0 Å². The van der Waals surface area contributed by atoms with E-state index in [1.165, 1.54) is 21.6 Å². The van der Waals surface area contributed by atoms with Crippen molar-refractivity contribution in [1.29, 1.82) is 0 Å². The van der Waals surface area contributed by atoms with Crippen LogP contribution >= 0.6 is 5.66 Å². The minimum atomic E-state index is -1.57. The van der Waals surface area contributed by atoms with Crippen molar-refractivity contribution < 1.29 is 0 Å². The maximum atomic E-state index is 3.97. The van der Waals surface area contributed by atoms with E-state index in [2.05, 4.69) is 114 Å². The fourth-order valence-electron chi connectivity index (χ4n) is 3.16. The van der Waals surface area contributed by atoms with Gasteiger partial charge in [0.2, 0.25) is 0 Å². The summed E-state index contributed by atoms with van der Waals surface area (Å²) in [7, 11) is 0. The summed E-state index contributed by atoms with van der Waals surface area (Å²) >= 11 is 3.56. The first kappa shape index (κ1) is 17.6. The van der Waals surface area contributed by atoms with Gasteiger partial charge in [-0.1, -0.05) is 0 Å². The number of fused-ring (bicyclic) bond motifs is 1. The molecule has 0 aliphatic rings. The van der Waals surface area contributed by atoms with Gasteiger partial charge in [0.25, 0.3) is 0 Å². The molecule has 24 heavy (non-hydrogen) atoms. The zero-order chi connectivity index (χ0) is 17.2. The van der Waals surface area contributed by atoms with Gasteiger partial charge in [-0.05, 0) is 0 Å². The molecular weight excluding hydrogens is 376 g/mol. The van der Waals surface area contributed by atoms with Crippen LogP contribution in [0, 0.1) is 0 Å². The van der Waals surface area contributed by atoms with Crippen molar-refractivity contribution in [3.63, 3.8) is 0 Å². The molecule has 0 bridgehead atoms. The van der Waals surface area contributed by atoms with Crippen LogP contribution in [0.25, 0.3) is 10.8 Å². The summed E-state index contributed by atoms with van der Waals surface area (Å²) < 4.78 is 0. The van der Waals surface area contributed by atoms with Crippen LogP contribution in [0.3, 0.4) is 0 Å². The zero-order valence-electron chi connectivity index (χ0n) is 14.4. The molecule has 124 valence electrons. The Morgan fingerprint density at radius 3 is 2.12 bits per heavy atom. The molecule has 0 radical (unpaired) electrons. The monoisotopic (exact) mass is 401 g/mol. The van der Waals surface area contributed by atoms with Gasteiger partial charge < -0.3 is 0 Å². The second-order valence-corrected chi connectivity index (χ2v) is 13.3. The van der Waals surface area contributed by atoms with Crippen molar-refractivity contribution in [2.75, 3.05) is 0 Å². The molecule has 3 heteroatoms. The summed E-state index contributed by atoms with van der Waals surface area (Å²) in [5, 5.41) is 8.01. The van der Waals surface area contributed by atoms with Crippen LogP contribution in [0.1, 0.15) is 32.4 Å². The number of benzene rings is 3. The average Bonchev–Trinajstić information content (AvgIpc) is 2.61. The Labute approximate surface area is 152 Å². The van der Waals surface area contributed by atoms with E-state index in [1.807, 2.05) is 0 Å². The number of rotatable bonds is 5. The minimum absolute atomic E-state index is 0.285. The second kappa shape index (κ2) is 7.38. The fourth-order valence-corrected chi connectivity index (χ4v) is 7.29. The second-order valence-electron chi connectivity index (χ2n) is 6.51. The van der Waals surface area contributed by atoms with Crippen LogP contribution in [0.2, 0.25) is 0 Å². The summed E-state index contributed by atoms with van der Waals surface area (Å²) in [6.07, 6.45) is 0. The van der Waals surface area contributed by atoms with Gasteiger partial charge in [0.1, 0.15) is 0 Å². The summed E-state index contributed by atoms with van der Waals surface area (Å²) in [6.45, 7) is 6.89. The van der Waals surface area contributed by atoms with E-state index in [4.69, 9.17) is 0 Å². The first-order valence-corrected chi connectivity index (χ1v) is 12.5. The molecule has 0 aliphatic carbocycles. The van der Waals surface area contributed by atoms with Gasteiger partial charge in [0, 0.05) is 0 Å². The van der Waals surface area contributed by atoms with E-state index >= 15 is 0 Å². The van der Waals surface area contributed by atoms with Crippen molar-refractivity contribution in [1.82, 2.24) is 5.09 Å². The molecule has 1 unspecified atom stereocenters. The molecule has 1 N–H and O–H groups in total. The van der Waals surface area contributed by atoms with Crippen LogP contribution in [-0.4, -0.2) is 20.8 Å². The molecule has 0 amide bonds. The molecule has 0 saturated carbocycles. The Morgan fingerprint density at radius 1 is 0.792 bits per heavy atom. The van der Waals surface area contributed by atoms with Gasteiger partial charge in [-0.2, -0.15) is 0 Å². The van der Waals surface area contributed by atoms with Gasteiger partial charge >= 0.3 is 153 Å². The van der Waals surface area contributed by atoms with Crippen molar-refractivity contribution in [2.45, 2.75) is 32.5 Å². The van der Waals surface area contributed by atoms with Crippen LogP contribution in [0.4, 0.5) is 0 Å². The predicted molar refractivity (Wildman–Crippen MR) is 109 cm³/mol. The molecular formula is C21H24NPSe. The van der Waals surface area contributed by atoms with E-state index in [1.54, 1.807) is 0 Å². The number of hydrogen-bond acceptors (Lipinski definition) is 1. The first-order chi connectivity index (χ1) is 11.5. The van der Waals surface area contributed by atoms with Crippen LogP contribution in [-0.2, 0) is 0 Å². The molecule has 0 fully saturated rings. The Balaban J connectivity index is 2.00. The molecule has 0 aromatic heterocycles. The number of nitrogens with one attached hydrogen (secondary N) is 1. The third-order valence-corrected chi connectivity index (χ3v) is 12.5. The molecule has 3 aromatic carbocycles. The Kier molecular flexibility index (Phi) is 5.42. The normalized spacial score (nSPS) is 15.3. The van der Waals surface area contributed by atoms with E-state index in [-0.39, 0.29) is 6.04 Å². The average molecular weight is 400 g/mol. The first-order valence-electron chi connectivity index (χ1n) is 8.43. The van der Waals surface area contributed by atoms with E-state index in [9.17, 15) is 0 Å². The molecule has 0 aliphatic heterocycles. The molecule has 1 nitrogen and oxygen atoms in total. The van der Waals surface area contributed by atoms with Crippen molar-refractivity contribution >= 4 is 36.8 Å². The van der Waals surface area contributed by atoms with Gasteiger partial charge in [-0.15, -0.1) is 0 Å². The summed E-state index contributed by atoms with van der Waals surface area (Å²) in [5.41, 5.74) is 0.336. The molecule has 3 aromatic rings. The van der Waals surface area contributed by atoms with Crippen LogP contribution < -0.4 is 10.4 Å². The Hall–Kier alpha value is -1.17. The van der Waals surface area contributed by atoms with Gasteiger partial charge in [0.15, 0.2) is 0 Å². The molecule has 3 rings (SSSR count). The van der Waals surface area contributed by atoms with Crippen molar-refractivity contribution in [2.24, 2.45) is 0 Å². The summed E-state index contributed by atoms with van der Waals surface area (Å²) in [6, 6.07) is 26.4. The van der Waals surface area contributed by atoms with Crippen molar-refractivity contribution in [3.8, 4) is 0 Å². The molecule has 0 spiro atoms. The predicted octanol–water partition coefficient (Wildman–Crippen LogP) is 5.24. The molecule has 2 atom stereocenters. The Morgan fingerprint density at radius 2 is 1.42 bits per heavy atom. The van der Waals surface area contributed by atoms with Crippen molar-refractivity contribution in [3.05, 3.63) is 78.4 Å². The van der Waals surface area contributed by atoms with Gasteiger partial charge in [0.05, 0.1) is 0 Å². The third kappa shape index (κ3) is 3.44. The molecule has 0 saturated heterocycles. The quantitative estimate of drug-likeness (QED) is 0.456. The Bertz CT molecular complexity index is 868.